The fourth-order valence-electron chi connectivity index (χ4n) is 1.21. The van der Waals surface area contributed by atoms with Crippen LogP contribution in [-0.2, 0) is 14.3 Å². The monoisotopic (exact) mass is 203 g/mol. The van der Waals surface area contributed by atoms with Gasteiger partial charge in [-0.2, -0.15) is 0 Å². The molecular formula is C10H21NO3. The Hall–Kier alpha value is -0.610. The van der Waals surface area contributed by atoms with Gasteiger partial charge < -0.3 is 14.4 Å². The molecule has 0 aromatic heterocycles. The van der Waals surface area contributed by atoms with Crippen molar-refractivity contribution in [2.75, 3.05) is 40.5 Å². The van der Waals surface area contributed by atoms with Gasteiger partial charge >= 0.3 is 5.97 Å². The van der Waals surface area contributed by atoms with Crippen LogP contribution in [0.2, 0.25) is 0 Å². The van der Waals surface area contributed by atoms with Crippen LogP contribution in [0.15, 0.2) is 0 Å². The summed E-state index contributed by atoms with van der Waals surface area (Å²) in [6.07, 6.45) is 1.48. The third-order valence-corrected chi connectivity index (χ3v) is 2.13. The first-order valence-electron chi connectivity index (χ1n) is 5.02. The fraction of sp³-hybridized carbons (Fsp3) is 0.900. The van der Waals surface area contributed by atoms with Crippen LogP contribution in [-0.4, -0.2) is 51.3 Å². The molecular weight excluding hydrogens is 182 g/mol. The highest BCUT2D eigenvalue weighted by Gasteiger charge is 2.05. The number of ether oxygens (including phenoxy) is 2. The van der Waals surface area contributed by atoms with Crippen LogP contribution >= 0.6 is 0 Å². The SMILES string of the molecule is CCN(CCCOC)CCC(=O)OC. The van der Waals surface area contributed by atoms with Crippen molar-refractivity contribution in [3.05, 3.63) is 0 Å². The second kappa shape index (κ2) is 8.97. The van der Waals surface area contributed by atoms with Crippen molar-refractivity contribution in [2.45, 2.75) is 19.8 Å². The van der Waals surface area contributed by atoms with Crippen molar-refractivity contribution in [1.29, 1.82) is 0 Å². The summed E-state index contributed by atoms with van der Waals surface area (Å²) in [7, 11) is 3.12. The fourth-order valence-corrected chi connectivity index (χ4v) is 1.21. The molecule has 0 aliphatic rings. The van der Waals surface area contributed by atoms with Gasteiger partial charge in [-0.05, 0) is 13.0 Å². The number of rotatable bonds is 8. The maximum atomic E-state index is 10.9. The predicted octanol–water partition coefficient (Wildman–Crippen LogP) is 0.908. The van der Waals surface area contributed by atoms with E-state index in [1.54, 1.807) is 7.11 Å². The maximum Gasteiger partial charge on any atom is 0.306 e. The average Bonchev–Trinajstić information content (AvgIpc) is 2.22. The summed E-state index contributed by atoms with van der Waals surface area (Å²) in [5.41, 5.74) is 0. The van der Waals surface area contributed by atoms with E-state index in [9.17, 15) is 4.79 Å². The highest BCUT2D eigenvalue weighted by Crippen LogP contribution is 1.95. The lowest BCUT2D eigenvalue weighted by Gasteiger charge is -2.19. The zero-order chi connectivity index (χ0) is 10.8. The first-order valence-corrected chi connectivity index (χ1v) is 5.02. The van der Waals surface area contributed by atoms with E-state index >= 15 is 0 Å². The van der Waals surface area contributed by atoms with Crippen LogP contribution in [0.25, 0.3) is 0 Å². The Bertz CT molecular complexity index is 150. The third kappa shape index (κ3) is 6.86. The van der Waals surface area contributed by atoms with Crippen LogP contribution in [0.5, 0.6) is 0 Å². The predicted molar refractivity (Wildman–Crippen MR) is 55.2 cm³/mol. The van der Waals surface area contributed by atoms with Crippen molar-refractivity contribution < 1.29 is 14.3 Å². The molecule has 0 atom stereocenters. The molecule has 0 aromatic rings. The van der Waals surface area contributed by atoms with E-state index in [2.05, 4.69) is 16.6 Å². The second-order valence-corrected chi connectivity index (χ2v) is 3.11. The number of carbonyl (C=O) groups excluding carboxylic acids is 1. The molecule has 0 unspecified atom stereocenters. The van der Waals surface area contributed by atoms with E-state index in [-0.39, 0.29) is 5.97 Å². The van der Waals surface area contributed by atoms with Crippen molar-refractivity contribution in [3.63, 3.8) is 0 Å². The van der Waals surface area contributed by atoms with Crippen LogP contribution in [0, 0.1) is 0 Å². The molecule has 0 saturated carbocycles. The summed E-state index contributed by atoms with van der Waals surface area (Å²) in [4.78, 5) is 13.1. The lowest BCUT2D eigenvalue weighted by molar-refractivity contribution is -0.140. The Balaban J connectivity index is 3.52. The molecule has 14 heavy (non-hydrogen) atoms. The van der Waals surface area contributed by atoms with Crippen LogP contribution < -0.4 is 0 Å². The van der Waals surface area contributed by atoms with Gasteiger partial charge in [-0.25, -0.2) is 0 Å². The number of esters is 1. The van der Waals surface area contributed by atoms with Crippen molar-refractivity contribution >= 4 is 5.97 Å². The minimum absolute atomic E-state index is 0.143. The summed E-state index contributed by atoms with van der Waals surface area (Å²) >= 11 is 0. The third-order valence-electron chi connectivity index (χ3n) is 2.13. The maximum absolute atomic E-state index is 10.9. The van der Waals surface area contributed by atoms with Crippen LogP contribution in [0.1, 0.15) is 19.8 Å². The highest BCUT2D eigenvalue weighted by atomic mass is 16.5. The average molecular weight is 203 g/mol. The summed E-state index contributed by atoms with van der Waals surface area (Å²) in [5.74, 6) is -0.143. The largest absolute Gasteiger partial charge is 0.469 e. The number of hydrogen-bond donors (Lipinski definition) is 0. The van der Waals surface area contributed by atoms with Gasteiger partial charge in [-0.15, -0.1) is 0 Å². The van der Waals surface area contributed by atoms with Gasteiger partial charge in [-0.3, -0.25) is 4.79 Å². The second-order valence-electron chi connectivity index (χ2n) is 3.11. The van der Waals surface area contributed by atoms with Crippen molar-refractivity contribution in [1.82, 2.24) is 4.90 Å². The number of nitrogens with zero attached hydrogens (tertiary/aromatic N) is 1. The standard InChI is InChI=1S/C10H21NO3/c1-4-11(7-5-9-13-2)8-6-10(12)14-3/h4-9H2,1-3H3. The lowest BCUT2D eigenvalue weighted by atomic mass is 10.3. The first-order chi connectivity index (χ1) is 6.74. The number of carbonyl (C=O) groups is 1. The topological polar surface area (TPSA) is 38.8 Å². The number of methoxy groups -OCH3 is 2. The zero-order valence-corrected chi connectivity index (χ0v) is 9.41. The molecule has 4 heteroatoms. The van der Waals surface area contributed by atoms with Gasteiger partial charge in [0, 0.05) is 26.8 Å². The molecule has 0 amide bonds. The minimum atomic E-state index is -0.143. The molecule has 4 nitrogen and oxygen atoms in total. The van der Waals surface area contributed by atoms with Crippen molar-refractivity contribution in [3.8, 4) is 0 Å². The van der Waals surface area contributed by atoms with Crippen molar-refractivity contribution in [2.24, 2.45) is 0 Å². The Morgan fingerprint density at radius 2 is 2.00 bits per heavy atom. The Labute approximate surface area is 86.2 Å². The van der Waals surface area contributed by atoms with Gasteiger partial charge in [0.05, 0.1) is 13.5 Å². The molecule has 0 rings (SSSR count). The molecule has 0 aromatic carbocycles. The normalized spacial score (nSPS) is 10.6. The summed E-state index contributed by atoms with van der Waals surface area (Å²) < 4.78 is 9.55. The minimum Gasteiger partial charge on any atom is -0.469 e. The molecule has 0 heterocycles. The van der Waals surface area contributed by atoms with Gasteiger partial charge in [-0.1, -0.05) is 6.92 Å². The van der Waals surface area contributed by atoms with Gasteiger partial charge in [0.15, 0.2) is 0 Å². The quantitative estimate of drug-likeness (QED) is 0.434. The Morgan fingerprint density at radius 1 is 1.29 bits per heavy atom. The van der Waals surface area contributed by atoms with Gasteiger partial charge in [0.1, 0.15) is 0 Å². The first kappa shape index (κ1) is 13.4. The van der Waals surface area contributed by atoms with E-state index in [4.69, 9.17) is 4.74 Å². The van der Waals surface area contributed by atoms with E-state index in [0.717, 1.165) is 32.7 Å². The Kier molecular flexibility index (Phi) is 8.57. The highest BCUT2D eigenvalue weighted by molar-refractivity contribution is 5.69. The summed E-state index contributed by atoms with van der Waals surface area (Å²) in [5, 5.41) is 0. The molecule has 0 fully saturated rings. The van der Waals surface area contributed by atoms with Crippen LogP contribution in [0.3, 0.4) is 0 Å². The number of hydrogen-bond acceptors (Lipinski definition) is 4. The zero-order valence-electron chi connectivity index (χ0n) is 9.41. The molecule has 0 spiro atoms. The van der Waals surface area contributed by atoms with E-state index in [1.165, 1.54) is 7.11 Å². The molecule has 0 bridgehead atoms. The van der Waals surface area contributed by atoms with E-state index in [1.807, 2.05) is 0 Å². The molecule has 84 valence electrons. The van der Waals surface area contributed by atoms with Gasteiger partial charge in [0.25, 0.3) is 0 Å². The lowest BCUT2D eigenvalue weighted by Crippen LogP contribution is -2.28. The molecule has 0 saturated heterocycles. The summed E-state index contributed by atoms with van der Waals surface area (Å²) in [6.45, 7) is 5.56. The van der Waals surface area contributed by atoms with E-state index in [0.29, 0.717) is 6.42 Å². The van der Waals surface area contributed by atoms with E-state index < -0.39 is 0 Å². The molecule has 0 aliphatic carbocycles. The molecule has 0 radical (unpaired) electrons. The summed E-state index contributed by atoms with van der Waals surface area (Å²) in [6, 6.07) is 0. The molecule has 0 aliphatic heterocycles. The smallest absolute Gasteiger partial charge is 0.306 e. The van der Waals surface area contributed by atoms with Crippen LogP contribution in [0.4, 0.5) is 0 Å². The Morgan fingerprint density at radius 3 is 2.50 bits per heavy atom. The molecule has 0 N–H and O–H groups in total. The van der Waals surface area contributed by atoms with Gasteiger partial charge in [0.2, 0.25) is 0 Å².